The second-order valence-electron chi connectivity index (χ2n) is 4.98. The lowest BCUT2D eigenvalue weighted by atomic mass is 9.94. The third kappa shape index (κ3) is 2.20. The van der Waals surface area contributed by atoms with E-state index in [2.05, 4.69) is 41.1 Å². The van der Waals surface area contributed by atoms with Crippen LogP contribution in [-0.4, -0.2) is 11.5 Å². The molecule has 0 saturated heterocycles. The van der Waals surface area contributed by atoms with Gasteiger partial charge in [0.15, 0.2) is 5.13 Å². The lowest BCUT2D eigenvalue weighted by Gasteiger charge is -2.34. The molecule has 1 unspecified atom stereocenters. The minimum Gasteiger partial charge on any atom is -0.375 e. The van der Waals surface area contributed by atoms with Gasteiger partial charge in [-0.2, -0.15) is 0 Å². The normalized spacial score (nSPS) is 18.7. The van der Waals surface area contributed by atoms with Crippen LogP contribution in [-0.2, 0) is 13.0 Å². The van der Waals surface area contributed by atoms with Crippen molar-refractivity contribution in [3.63, 3.8) is 0 Å². The summed E-state index contributed by atoms with van der Waals surface area (Å²) < 4.78 is 0. The summed E-state index contributed by atoms with van der Waals surface area (Å²) in [6.07, 6.45) is 3.07. The Morgan fingerprint density at radius 1 is 1.44 bits per heavy atom. The molecular weight excluding hydrogens is 242 g/mol. The summed E-state index contributed by atoms with van der Waals surface area (Å²) in [7, 11) is 0. The van der Waals surface area contributed by atoms with E-state index in [9.17, 15) is 0 Å². The number of para-hydroxylation sites is 1. The summed E-state index contributed by atoms with van der Waals surface area (Å²) >= 11 is 1.58. The molecule has 1 aromatic heterocycles. The van der Waals surface area contributed by atoms with E-state index in [1.165, 1.54) is 22.5 Å². The van der Waals surface area contributed by atoms with Crippen LogP contribution in [0.25, 0.3) is 0 Å². The molecule has 0 radical (unpaired) electrons. The van der Waals surface area contributed by atoms with Gasteiger partial charge in [0.1, 0.15) is 0 Å². The van der Waals surface area contributed by atoms with Gasteiger partial charge in [-0.05, 0) is 24.0 Å². The fraction of sp³-hybridized carbons (Fsp3) is 0.357. The SMILES string of the molecule is CC1Cc2ccccc2N(Cc2cnc(N)s2)C1. The van der Waals surface area contributed by atoms with Gasteiger partial charge in [-0.3, -0.25) is 0 Å². The molecule has 1 aromatic carbocycles. The predicted octanol–water partition coefficient (Wildman–Crippen LogP) is 2.92. The van der Waals surface area contributed by atoms with Crippen LogP contribution in [0.15, 0.2) is 30.5 Å². The van der Waals surface area contributed by atoms with Crippen molar-refractivity contribution < 1.29 is 0 Å². The smallest absolute Gasteiger partial charge is 0.180 e. The zero-order chi connectivity index (χ0) is 12.5. The largest absolute Gasteiger partial charge is 0.375 e. The van der Waals surface area contributed by atoms with E-state index in [0.717, 1.165) is 13.1 Å². The van der Waals surface area contributed by atoms with Crippen molar-refractivity contribution in [1.29, 1.82) is 0 Å². The minimum absolute atomic E-state index is 0.656. The molecule has 2 aromatic rings. The Balaban J connectivity index is 1.88. The lowest BCUT2D eigenvalue weighted by molar-refractivity contribution is 0.531. The van der Waals surface area contributed by atoms with Crippen LogP contribution in [0.3, 0.4) is 0 Å². The maximum atomic E-state index is 5.69. The first kappa shape index (κ1) is 11.5. The molecular formula is C14H17N3S. The molecule has 0 bridgehead atoms. The third-order valence-corrected chi connectivity index (χ3v) is 4.16. The summed E-state index contributed by atoms with van der Waals surface area (Å²) in [6.45, 7) is 4.33. The molecule has 0 amide bonds. The van der Waals surface area contributed by atoms with Gasteiger partial charge in [0.2, 0.25) is 0 Å². The number of fused-ring (bicyclic) bond motifs is 1. The van der Waals surface area contributed by atoms with Crippen molar-refractivity contribution in [2.45, 2.75) is 19.9 Å². The second kappa shape index (κ2) is 4.61. The zero-order valence-corrected chi connectivity index (χ0v) is 11.3. The fourth-order valence-corrected chi connectivity index (χ4v) is 3.34. The Labute approximate surface area is 111 Å². The molecule has 0 spiro atoms. The number of anilines is 2. The standard InChI is InChI=1S/C14H17N3S/c1-10-6-11-4-2-3-5-13(11)17(8-10)9-12-7-16-14(15)18-12/h2-5,7,10H,6,8-9H2,1H3,(H2,15,16). The maximum absolute atomic E-state index is 5.69. The monoisotopic (exact) mass is 259 g/mol. The second-order valence-corrected chi connectivity index (χ2v) is 6.13. The van der Waals surface area contributed by atoms with Crippen LogP contribution in [0.5, 0.6) is 0 Å². The number of rotatable bonds is 2. The average molecular weight is 259 g/mol. The number of thiazole rings is 1. The zero-order valence-electron chi connectivity index (χ0n) is 10.5. The summed E-state index contributed by atoms with van der Waals surface area (Å²) in [5, 5.41) is 0.656. The van der Waals surface area contributed by atoms with E-state index in [0.29, 0.717) is 11.0 Å². The Bertz CT molecular complexity index is 549. The summed E-state index contributed by atoms with van der Waals surface area (Å²) in [5.41, 5.74) is 8.51. The highest BCUT2D eigenvalue weighted by molar-refractivity contribution is 7.15. The number of aromatic nitrogens is 1. The van der Waals surface area contributed by atoms with Crippen molar-refractivity contribution in [2.24, 2.45) is 5.92 Å². The highest BCUT2D eigenvalue weighted by Gasteiger charge is 2.21. The van der Waals surface area contributed by atoms with Crippen LogP contribution in [0.4, 0.5) is 10.8 Å². The Morgan fingerprint density at radius 3 is 3.06 bits per heavy atom. The highest BCUT2D eigenvalue weighted by atomic mass is 32.1. The quantitative estimate of drug-likeness (QED) is 0.901. The molecule has 2 heterocycles. The van der Waals surface area contributed by atoms with Gasteiger partial charge in [0.05, 0.1) is 6.54 Å². The van der Waals surface area contributed by atoms with Crippen LogP contribution in [0.1, 0.15) is 17.4 Å². The van der Waals surface area contributed by atoms with Crippen LogP contribution < -0.4 is 10.6 Å². The summed E-state index contributed by atoms with van der Waals surface area (Å²) in [5.74, 6) is 0.699. The van der Waals surface area contributed by atoms with Crippen molar-refractivity contribution in [1.82, 2.24) is 4.98 Å². The first-order valence-corrected chi connectivity index (χ1v) is 7.07. The van der Waals surface area contributed by atoms with E-state index in [-0.39, 0.29) is 0 Å². The molecule has 2 N–H and O–H groups in total. The third-order valence-electron chi connectivity index (χ3n) is 3.35. The molecule has 1 aliphatic heterocycles. The summed E-state index contributed by atoms with van der Waals surface area (Å²) in [6, 6.07) is 8.69. The van der Waals surface area contributed by atoms with Crippen LogP contribution in [0.2, 0.25) is 0 Å². The topological polar surface area (TPSA) is 42.2 Å². The first-order chi connectivity index (χ1) is 8.72. The molecule has 1 atom stereocenters. The molecule has 3 rings (SSSR count). The van der Waals surface area contributed by atoms with Gasteiger partial charge < -0.3 is 10.6 Å². The number of nitrogen functional groups attached to an aromatic ring is 1. The Morgan fingerprint density at radius 2 is 2.28 bits per heavy atom. The molecule has 0 saturated carbocycles. The maximum Gasteiger partial charge on any atom is 0.180 e. The number of benzene rings is 1. The van der Waals surface area contributed by atoms with Crippen molar-refractivity contribution in [2.75, 3.05) is 17.2 Å². The van der Waals surface area contributed by atoms with Gasteiger partial charge in [-0.15, -0.1) is 11.3 Å². The Hall–Kier alpha value is -1.55. The molecule has 0 fully saturated rings. The number of nitrogens with two attached hydrogens (primary N) is 1. The average Bonchev–Trinajstić information content (AvgIpc) is 2.74. The summed E-state index contributed by atoms with van der Waals surface area (Å²) in [4.78, 5) is 7.80. The fourth-order valence-electron chi connectivity index (χ4n) is 2.64. The number of hydrogen-bond donors (Lipinski definition) is 1. The van der Waals surface area contributed by atoms with Crippen molar-refractivity contribution >= 4 is 22.2 Å². The molecule has 94 valence electrons. The van der Waals surface area contributed by atoms with Crippen LogP contribution >= 0.6 is 11.3 Å². The minimum atomic E-state index is 0.656. The molecule has 3 nitrogen and oxygen atoms in total. The molecule has 0 aliphatic carbocycles. The molecule has 4 heteroatoms. The van der Waals surface area contributed by atoms with Gasteiger partial charge in [0, 0.05) is 23.3 Å². The van der Waals surface area contributed by atoms with E-state index >= 15 is 0 Å². The van der Waals surface area contributed by atoms with Gasteiger partial charge in [0.25, 0.3) is 0 Å². The lowest BCUT2D eigenvalue weighted by Crippen LogP contribution is -2.33. The van der Waals surface area contributed by atoms with Gasteiger partial charge in [-0.1, -0.05) is 25.1 Å². The van der Waals surface area contributed by atoms with E-state index in [4.69, 9.17) is 5.73 Å². The molecule has 18 heavy (non-hydrogen) atoms. The molecule has 1 aliphatic rings. The predicted molar refractivity (Wildman–Crippen MR) is 76.9 cm³/mol. The Kier molecular flexibility index (Phi) is 2.96. The van der Waals surface area contributed by atoms with Crippen molar-refractivity contribution in [3.05, 3.63) is 40.9 Å². The number of hydrogen-bond acceptors (Lipinski definition) is 4. The van der Waals surface area contributed by atoms with E-state index in [1.54, 1.807) is 11.3 Å². The van der Waals surface area contributed by atoms with Crippen molar-refractivity contribution in [3.8, 4) is 0 Å². The van der Waals surface area contributed by atoms with E-state index in [1.807, 2.05) is 6.20 Å². The van der Waals surface area contributed by atoms with Gasteiger partial charge in [-0.25, -0.2) is 4.98 Å². The van der Waals surface area contributed by atoms with E-state index < -0.39 is 0 Å². The highest BCUT2D eigenvalue weighted by Crippen LogP contribution is 2.31. The first-order valence-electron chi connectivity index (χ1n) is 6.25. The number of nitrogens with zero attached hydrogens (tertiary/aromatic N) is 2. The van der Waals surface area contributed by atoms with Crippen LogP contribution in [0, 0.1) is 5.92 Å². The van der Waals surface area contributed by atoms with Gasteiger partial charge >= 0.3 is 0 Å².